The Morgan fingerprint density at radius 2 is 2.00 bits per heavy atom. The molecule has 0 saturated carbocycles. The van der Waals surface area contributed by atoms with Crippen molar-refractivity contribution < 1.29 is 14.4 Å². The summed E-state index contributed by atoms with van der Waals surface area (Å²) in [5.41, 5.74) is 1.43. The maximum Gasteiger partial charge on any atom is 0.274 e. The van der Waals surface area contributed by atoms with Gasteiger partial charge in [0.2, 0.25) is 0 Å². The number of carbonyl (C=O) groups excluding carboxylic acids is 1. The standard InChI is InChI=1S/C13H17NO3/c1-11(13(15)14(2)16-3)9-17-10-12-7-5-4-6-8-12/h4-8H,1,9-10H2,2-3H3. The number of likely N-dealkylation sites (N-methyl/N-ethyl adjacent to an activating group) is 1. The van der Waals surface area contributed by atoms with Crippen LogP contribution >= 0.6 is 0 Å². The van der Waals surface area contributed by atoms with Crippen molar-refractivity contribution in [2.75, 3.05) is 20.8 Å². The van der Waals surface area contributed by atoms with E-state index in [-0.39, 0.29) is 12.5 Å². The quantitative estimate of drug-likeness (QED) is 0.557. The lowest BCUT2D eigenvalue weighted by atomic mass is 10.2. The van der Waals surface area contributed by atoms with E-state index < -0.39 is 0 Å². The van der Waals surface area contributed by atoms with Crippen LogP contribution in [-0.2, 0) is 21.0 Å². The normalized spacial score (nSPS) is 10.0. The zero-order chi connectivity index (χ0) is 12.7. The van der Waals surface area contributed by atoms with Crippen LogP contribution in [0, 0.1) is 0 Å². The molecule has 0 fully saturated rings. The van der Waals surface area contributed by atoms with E-state index in [1.54, 1.807) is 0 Å². The van der Waals surface area contributed by atoms with Crippen LogP contribution in [0.1, 0.15) is 5.56 Å². The molecule has 17 heavy (non-hydrogen) atoms. The van der Waals surface area contributed by atoms with Crippen LogP contribution < -0.4 is 0 Å². The molecule has 0 spiro atoms. The molecule has 0 N–H and O–H groups in total. The zero-order valence-electron chi connectivity index (χ0n) is 10.2. The van der Waals surface area contributed by atoms with Gasteiger partial charge in [-0.05, 0) is 5.56 Å². The van der Waals surface area contributed by atoms with Crippen molar-refractivity contribution in [2.24, 2.45) is 0 Å². The van der Waals surface area contributed by atoms with Gasteiger partial charge in [0.15, 0.2) is 0 Å². The summed E-state index contributed by atoms with van der Waals surface area (Å²) in [7, 11) is 2.96. The number of rotatable bonds is 6. The van der Waals surface area contributed by atoms with E-state index in [0.717, 1.165) is 10.6 Å². The van der Waals surface area contributed by atoms with Crippen molar-refractivity contribution in [3.63, 3.8) is 0 Å². The smallest absolute Gasteiger partial charge is 0.274 e. The van der Waals surface area contributed by atoms with Gasteiger partial charge < -0.3 is 4.74 Å². The Kier molecular flexibility index (Phi) is 5.39. The molecule has 1 aromatic rings. The molecular formula is C13H17NO3. The molecule has 0 aromatic heterocycles. The Balaban J connectivity index is 2.32. The number of hydrogen-bond donors (Lipinski definition) is 0. The second-order valence-electron chi connectivity index (χ2n) is 3.57. The molecule has 0 atom stereocenters. The molecule has 4 heteroatoms. The van der Waals surface area contributed by atoms with E-state index in [9.17, 15) is 4.79 Å². The van der Waals surface area contributed by atoms with Crippen LogP contribution in [0.3, 0.4) is 0 Å². The SMILES string of the molecule is C=C(COCc1ccccc1)C(=O)N(C)OC. The first kappa shape index (κ1) is 13.4. The van der Waals surface area contributed by atoms with Crippen LogP contribution in [0.15, 0.2) is 42.5 Å². The summed E-state index contributed by atoms with van der Waals surface area (Å²) >= 11 is 0. The predicted octanol–water partition coefficient (Wildman–Crippen LogP) is 1.78. The molecule has 0 radical (unpaired) electrons. The Labute approximate surface area is 101 Å². The second kappa shape index (κ2) is 6.83. The van der Waals surface area contributed by atoms with E-state index >= 15 is 0 Å². The molecule has 0 aliphatic heterocycles. The van der Waals surface area contributed by atoms with Gasteiger partial charge >= 0.3 is 0 Å². The van der Waals surface area contributed by atoms with Crippen LogP contribution in [-0.4, -0.2) is 31.7 Å². The number of hydrogen-bond acceptors (Lipinski definition) is 3. The first-order valence-electron chi connectivity index (χ1n) is 5.26. The summed E-state index contributed by atoms with van der Waals surface area (Å²) in [6, 6.07) is 9.76. The molecule has 1 rings (SSSR count). The Hall–Kier alpha value is -1.65. The molecule has 1 amide bonds. The number of ether oxygens (including phenoxy) is 1. The molecule has 0 aliphatic carbocycles. The summed E-state index contributed by atoms with van der Waals surface area (Å²) in [6.07, 6.45) is 0. The van der Waals surface area contributed by atoms with E-state index in [1.807, 2.05) is 30.3 Å². The maximum atomic E-state index is 11.5. The molecule has 0 bridgehead atoms. The van der Waals surface area contributed by atoms with Crippen molar-refractivity contribution in [1.82, 2.24) is 5.06 Å². The van der Waals surface area contributed by atoms with Gasteiger partial charge in [0.1, 0.15) is 0 Å². The van der Waals surface area contributed by atoms with Gasteiger partial charge in [0.05, 0.1) is 20.3 Å². The van der Waals surface area contributed by atoms with E-state index in [0.29, 0.717) is 12.2 Å². The van der Waals surface area contributed by atoms with Gasteiger partial charge in [-0.2, -0.15) is 0 Å². The van der Waals surface area contributed by atoms with Gasteiger partial charge in [-0.25, -0.2) is 5.06 Å². The van der Waals surface area contributed by atoms with Crippen LogP contribution in [0.25, 0.3) is 0 Å². The van der Waals surface area contributed by atoms with Gasteiger partial charge in [-0.15, -0.1) is 0 Å². The molecule has 0 heterocycles. The predicted molar refractivity (Wildman–Crippen MR) is 65.0 cm³/mol. The van der Waals surface area contributed by atoms with Crippen LogP contribution in [0.5, 0.6) is 0 Å². The highest BCUT2D eigenvalue weighted by Crippen LogP contribution is 2.03. The van der Waals surface area contributed by atoms with E-state index in [1.165, 1.54) is 14.2 Å². The maximum absolute atomic E-state index is 11.5. The molecule has 0 unspecified atom stereocenters. The Morgan fingerprint density at radius 1 is 1.35 bits per heavy atom. The third-order valence-electron chi connectivity index (χ3n) is 2.25. The highest BCUT2D eigenvalue weighted by molar-refractivity contribution is 5.92. The summed E-state index contributed by atoms with van der Waals surface area (Å²) < 4.78 is 5.39. The third kappa shape index (κ3) is 4.38. The molecule has 0 aliphatic rings. The van der Waals surface area contributed by atoms with Gasteiger partial charge in [0.25, 0.3) is 5.91 Å². The minimum atomic E-state index is -0.277. The average molecular weight is 235 g/mol. The number of hydroxylamine groups is 2. The lowest BCUT2D eigenvalue weighted by molar-refractivity contribution is -0.164. The Bertz CT molecular complexity index is 376. The minimum Gasteiger partial charge on any atom is -0.372 e. The lowest BCUT2D eigenvalue weighted by Gasteiger charge is -2.15. The van der Waals surface area contributed by atoms with E-state index in [4.69, 9.17) is 9.57 Å². The van der Waals surface area contributed by atoms with Gasteiger partial charge in [-0.1, -0.05) is 36.9 Å². The van der Waals surface area contributed by atoms with Crippen molar-refractivity contribution in [3.05, 3.63) is 48.0 Å². The molecule has 4 nitrogen and oxygen atoms in total. The van der Waals surface area contributed by atoms with Gasteiger partial charge in [0, 0.05) is 12.6 Å². The highest BCUT2D eigenvalue weighted by atomic mass is 16.7. The molecule has 92 valence electrons. The third-order valence-corrected chi connectivity index (χ3v) is 2.25. The van der Waals surface area contributed by atoms with Gasteiger partial charge in [-0.3, -0.25) is 9.63 Å². The van der Waals surface area contributed by atoms with Crippen molar-refractivity contribution in [1.29, 1.82) is 0 Å². The minimum absolute atomic E-state index is 0.196. The lowest BCUT2D eigenvalue weighted by Crippen LogP contribution is -2.28. The summed E-state index contributed by atoms with van der Waals surface area (Å²) in [5.74, 6) is -0.277. The first-order chi connectivity index (χ1) is 8.15. The van der Waals surface area contributed by atoms with Crippen molar-refractivity contribution in [2.45, 2.75) is 6.61 Å². The fourth-order valence-electron chi connectivity index (χ4n) is 1.23. The summed E-state index contributed by atoms with van der Waals surface area (Å²) in [4.78, 5) is 16.3. The fourth-order valence-corrected chi connectivity index (χ4v) is 1.23. The van der Waals surface area contributed by atoms with Crippen molar-refractivity contribution >= 4 is 5.91 Å². The summed E-state index contributed by atoms with van der Waals surface area (Å²) in [5, 5.41) is 1.12. The Morgan fingerprint density at radius 3 is 2.59 bits per heavy atom. The second-order valence-corrected chi connectivity index (χ2v) is 3.57. The number of benzene rings is 1. The van der Waals surface area contributed by atoms with E-state index in [2.05, 4.69) is 6.58 Å². The van der Waals surface area contributed by atoms with Crippen LogP contribution in [0.2, 0.25) is 0 Å². The van der Waals surface area contributed by atoms with Crippen molar-refractivity contribution in [3.8, 4) is 0 Å². The number of carbonyl (C=O) groups is 1. The number of amides is 1. The average Bonchev–Trinajstić information content (AvgIpc) is 2.38. The summed E-state index contributed by atoms with van der Waals surface area (Å²) in [6.45, 7) is 4.32. The zero-order valence-corrected chi connectivity index (χ0v) is 10.2. The first-order valence-corrected chi connectivity index (χ1v) is 5.26. The fraction of sp³-hybridized carbons (Fsp3) is 0.308. The molecular weight excluding hydrogens is 218 g/mol. The number of nitrogens with zero attached hydrogens (tertiary/aromatic N) is 1. The largest absolute Gasteiger partial charge is 0.372 e. The molecule has 0 saturated heterocycles. The van der Waals surface area contributed by atoms with Crippen LogP contribution in [0.4, 0.5) is 0 Å². The topological polar surface area (TPSA) is 38.8 Å². The monoisotopic (exact) mass is 235 g/mol. The molecule has 1 aromatic carbocycles. The highest BCUT2D eigenvalue weighted by Gasteiger charge is 2.12.